The van der Waals surface area contributed by atoms with Gasteiger partial charge >= 0.3 is 0 Å². The number of benzene rings is 1. The largest absolute Gasteiger partial charge is 0.0785 e. The van der Waals surface area contributed by atoms with Crippen LogP contribution in [-0.2, 0) is 0 Å². The highest BCUT2D eigenvalue weighted by Crippen LogP contribution is 2.18. The molecule has 0 spiro atoms. The van der Waals surface area contributed by atoms with Crippen LogP contribution in [0, 0.1) is 19.3 Å². The van der Waals surface area contributed by atoms with Crippen molar-refractivity contribution in [2.24, 2.45) is 5.41 Å². The second-order valence-corrected chi connectivity index (χ2v) is 5.04. The van der Waals surface area contributed by atoms with Crippen molar-refractivity contribution in [2.75, 3.05) is 0 Å². The monoisotopic (exact) mass is 188 g/mol. The molecule has 14 heavy (non-hydrogen) atoms. The zero-order chi connectivity index (χ0) is 10.8. The molecule has 0 nitrogen and oxygen atoms in total. The maximum Gasteiger partial charge on any atom is -0.0200 e. The Bertz CT molecular complexity index is 338. The molecule has 0 radical (unpaired) electrons. The molecular weight excluding hydrogens is 168 g/mol. The van der Waals surface area contributed by atoms with Crippen LogP contribution in [0.25, 0.3) is 6.08 Å². The van der Waals surface area contributed by atoms with E-state index in [-0.39, 0.29) is 5.41 Å². The van der Waals surface area contributed by atoms with Gasteiger partial charge in [0.25, 0.3) is 0 Å². The lowest BCUT2D eigenvalue weighted by Gasteiger charge is -2.11. The molecule has 0 saturated carbocycles. The predicted octanol–water partition coefficient (Wildman–Crippen LogP) is 4.36. The second-order valence-electron chi connectivity index (χ2n) is 5.04. The van der Waals surface area contributed by atoms with E-state index in [0.717, 1.165) is 0 Å². The summed E-state index contributed by atoms with van der Waals surface area (Å²) in [7, 11) is 0. The molecule has 0 heterocycles. The summed E-state index contributed by atoms with van der Waals surface area (Å²) in [4.78, 5) is 0. The van der Waals surface area contributed by atoms with Gasteiger partial charge in [-0.3, -0.25) is 0 Å². The van der Waals surface area contributed by atoms with Crippen molar-refractivity contribution in [3.63, 3.8) is 0 Å². The van der Waals surface area contributed by atoms with Gasteiger partial charge in [-0.2, -0.15) is 0 Å². The number of aryl methyl sites for hydroxylation is 2. The lowest BCUT2D eigenvalue weighted by molar-refractivity contribution is 0.547. The Morgan fingerprint density at radius 1 is 1.00 bits per heavy atom. The molecule has 0 saturated heterocycles. The van der Waals surface area contributed by atoms with E-state index in [4.69, 9.17) is 0 Å². The van der Waals surface area contributed by atoms with Crippen molar-refractivity contribution in [3.05, 3.63) is 41.0 Å². The first-order valence-corrected chi connectivity index (χ1v) is 5.15. The molecule has 0 aromatic heterocycles. The first-order valence-electron chi connectivity index (χ1n) is 5.15. The fraction of sp³-hybridized carbons (Fsp3) is 0.429. The van der Waals surface area contributed by atoms with Crippen molar-refractivity contribution in [2.45, 2.75) is 34.6 Å². The average molecular weight is 188 g/mol. The standard InChI is InChI=1S/C14H20/c1-11-6-7-13(10-12(11)2)8-9-14(3,4)5/h6-10H,1-5H3. The van der Waals surface area contributed by atoms with Crippen LogP contribution in [0.15, 0.2) is 24.3 Å². The van der Waals surface area contributed by atoms with Gasteiger partial charge in [0.2, 0.25) is 0 Å². The Kier molecular flexibility index (Phi) is 3.15. The minimum atomic E-state index is 0.263. The first kappa shape index (κ1) is 11.0. The summed E-state index contributed by atoms with van der Waals surface area (Å²) in [6.45, 7) is 10.9. The van der Waals surface area contributed by atoms with Crippen LogP contribution in [0.4, 0.5) is 0 Å². The van der Waals surface area contributed by atoms with Crippen molar-refractivity contribution in [3.8, 4) is 0 Å². The van der Waals surface area contributed by atoms with Crippen LogP contribution < -0.4 is 0 Å². The Labute approximate surface area is 87.7 Å². The highest BCUT2D eigenvalue weighted by Gasteiger charge is 2.03. The molecule has 0 N–H and O–H groups in total. The normalized spacial score (nSPS) is 12.4. The molecule has 0 atom stereocenters. The van der Waals surface area contributed by atoms with Gasteiger partial charge in [0, 0.05) is 0 Å². The molecule has 0 heteroatoms. The molecule has 1 aromatic carbocycles. The van der Waals surface area contributed by atoms with Crippen LogP contribution in [0.1, 0.15) is 37.5 Å². The van der Waals surface area contributed by atoms with E-state index in [1.165, 1.54) is 16.7 Å². The number of rotatable bonds is 1. The van der Waals surface area contributed by atoms with Gasteiger partial charge in [0.05, 0.1) is 0 Å². The second kappa shape index (κ2) is 4.00. The fourth-order valence-electron chi connectivity index (χ4n) is 1.21. The SMILES string of the molecule is Cc1ccc(C=CC(C)(C)C)cc1C. The molecule has 1 aromatic rings. The third-order valence-corrected chi connectivity index (χ3v) is 2.31. The van der Waals surface area contributed by atoms with E-state index in [9.17, 15) is 0 Å². The quantitative estimate of drug-likeness (QED) is 0.614. The Morgan fingerprint density at radius 3 is 2.14 bits per heavy atom. The van der Waals surface area contributed by atoms with Crippen LogP contribution in [-0.4, -0.2) is 0 Å². The molecule has 0 aliphatic heterocycles. The van der Waals surface area contributed by atoms with E-state index in [0.29, 0.717) is 0 Å². The minimum Gasteiger partial charge on any atom is -0.0785 e. The molecule has 0 unspecified atom stereocenters. The smallest absolute Gasteiger partial charge is 0.0200 e. The van der Waals surface area contributed by atoms with E-state index in [1.54, 1.807) is 0 Å². The topological polar surface area (TPSA) is 0 Å². The van der Waals surface area contributed by atoms with E-state index in [2.05, 4.69) is 65.0 Å². The summed E-state index contributed by atoms with van der Waals surface area (Å²) in [5.74, 6) is 0. The van der Waals surface area contributed by atoms with Gasteiger partial charge in [-0.1, -0.05) is 51.1 Å². The Balaban J connectivity index is 2.89. The average Bonchev–Trinajstić information content (AvgIpc) is 2.06. The van der Waals surface area contributed by atoms with Crippen LogP contribution >= 0.6 is 0 Å². The third-order valence-electron chi connectivity index (χ3n) is 2.31. The first-order chi connectivity index (χ1) is 6.38. The van der Waals surface area contributed by atoms with Gasteiger partial charge in [-0.15, -0.1) is 0 Å². The van der Waals surface area contributed by atoms with Crippen LogP contribution in [0.5, 0.6) is 0 Å². The summed E-state index contributed by atoms with van der Waals surface area (Å²) < 4.78 is 0. The van der Waals surface area contributed by atoms with Crippen molar-refractivity contribution < 1.29 is 0 Å². The van der Waals surface area contributed by atoms with Gasteiger partial charge in [-0.05, 0) is 36.0 Å². The molecule has 1 rings (SSSR count). The lowest BCUT2D eigenvalue weighted by Crippen LogP contribution is -1.98. The van der Waals surface area contributed by atoms with Crippen molar-refractivity contribution in [1.29, 1.82) is 0 Å². The van der Waals surface area contributed by atoms with E-state index < -0.39 is 0 Å². The highest BCUT2D eigenvalue weighted by atomic mass is 14.1. The molecule has 0 amide bonds. The van der Waals surface area contributed by atoms with Crippen LogP contribution in [0.2, 0.25) is 0 Å². The molecular formula is C14H20. The lowest BCUT2D eigenvalue weighted by atomic mass is 9.95. The summed E-state index contributed by atoms with van der Waals surface area (Å²) in [5.41, 5.74) is 4.28. The van der Waals surface area contributed by atoms with Crippen molar-refractivity contribution in [1.82, 2.24) is 0 Å². The predicted molar refractivity (Wildman–Crippen MR) is 64.4 cm³/mol. The molecule has 0 aliphatic rings. The summed E-state index contributed by atoms with van der Waals surface area (Å²) in [6, 6.07) is 6.58. The van der Waals surface area contributed by atoms with Crippen LogP contribution in [0.3, 0.4) is 0 Å². The zero-order valence-electron chi connectivity index (χ0n) is 9.89. The summed E-state index contributed by atoms with van der Waals surface area (Å²) in [5, 5.41) is 0. The zero-order valence-corrected chi connectivity index (χ0v) is 9.89. The Hall–Kier alpha value is -1.04. The minimum absolute atomic E-state index is 0.263. The van der Waals surface area contributed by atoms with Gasteiger partial charge in [-0.25, -0.2) is 0 Å². The number of allylic oxidation sites excluding steroid dienone is 1. The summed E-state index contributed by atoms with van der Waals surface area (Å²) in [6.07, 6.45) is 4.45. The number of hydrogen-bond donors (Lipinski definition) is 0. The number of hydrogen-bond acceptors (Lipinski definition) is 0. The highest BCUT2D eigenvalue weighted by molar-refractivity contribution is 5.52. The molecule has 0 fully saturated rings. The van der Waals surface area contributed by atoms with Gasteiger partial charge in [0.1, 0.15) is 0 Å². The molecule has 0 aliphatic carbocycles. The maximum absolute atomic E-state index is 2.25. The van der Waals surface area contributed by atoms with Crippen molar-refractivity contribution >= 4 is 6.08 Å². The van der Waals surface area contributed by atoms with E-state index >= 15 is 0 Å². The Morgan fingerprint density at radius 2 is 1.64 bits per heavy atom. The maximum atomic E-state index is 2.25. The molecule has 76 valence electrons. The van der Waals surface area contributed by atoms with Gasteiger partial charge in [0.15, 0.2) is 0 Å². The van der Waals surface area contributed by atoms with Gasteiger partial charge < -0.3 is 0 Å². The van der Waals surface area contributed by atoms with E-state index in [1.807, 2.05) is 0 Å². The fourth-order valence-corrected chi connectivity index (χ4v) is 1.21. The summed E-state index contributed by atoms with van der Waals surface area (Å²) >= 11 is 0. The molecule has 0 bridgehead atoms. The third kappa shape index (κ3) is 3.37.